The van der Waals surface area contributed by atoms with Crippen molar-refractivity contribution in [3.63, 3.8) is 0 Å². The minimum atomic E-state index is -5.55. The lowest BCUT2D eigenvalue weighted by Crippen LogP contribution is -2.21. The molecule has 4 N–H and O–H groups in total. The standard InChI is InChI=1S/C14H10O15S4/c15-13(7-3-1-5-9(30(17,18)19)11(7)32(23,24)25)29-14(16)8-4-2-6-10(31(20,21)22)12(8)33(26,27)28/h1-6H,(H,17,18,19)(H,20,21,22)(H,23,24,25)(H,26,27,28). The lowest BCUT2D eigenvalue weighted by Gasteiger charge is -2.12. The predicted octanol–water partition coefficient (Wildman–Crippen LogP) is -0.329. The predicted molar refractivity (Wildman–Crippen MR) is 102 cm³/mol. The number of carbonyl (C=O) groups is 2. The zero-order valence-corrected chi connectivity index (χ0v) is 18.6. The second-order valence-electron chi connectivity index (χ2n) is 5.84. The van der Waals surface area contributed by atoms with Gasteiger partial charge in [0, 0.05) is 0 Å². The van der Waals surface area contributed by atoms with Crippen LogP contribution in [0.3, 0.4) is 0 Å². The van der Waals surface area contributed by atoms with Crippen LogP contribution in [0.4, 0.5) is 0 Å². The van der Waals surface area contributed by atoms with Crippen molar-refractivity contribution in [3.05, 3.63) is 47.5 Å². The molecule has 0 heterocycles. The Morgan fingerprint density at radius 2 is 0.848 bits per heavy atom. The fourth-order valence-corrected chi connectivity index (χ4v) is 6.44. The molecule has 0 unspecified atom stereocenters. The van der Waals surface area contributed by atoms with Crippen molar-refractivity contribution >= 4 is 52.4 Å². The fraction of sp³-hybridized carbons (Fsp3) is 0. The molecule has 0 atom stereocenters. The van der Waals surface area contributed by atoms with Gasteiger partial charge in [-0.1, -0.05) is 12.1 Å². The van der Waals surface area contributed by atoms with Gasteiger partial charge in [0.15, 0.2) is 0 Å². The fourth-order valence-electron chi connectivity index (χ4n) is 2.49. The molecule has 2 aromatic carbocycles. The maximum Gasteiger partial charge on any atom is 0.347 e. The Labute approximate surface area is 185 Å². The Balaban J connectivity index is 2.70. The average Bonchev–Trinajstić information content (AvgIpc) is 2.63. The van der Waals surface area contributed by atoms with Gasteiger partial charge in [0.05, 0.1) is 11.1 Å². The molecule has 0 spiro atoms. The van der Waals surface area contributed by atoms with Gasteiger partial charge in [0.25, 0.3) is 40.5 Å². The molecule has 0 aliphatic rings. The molecule has 0 fully saturated rings. The number of rotatable bonds is 6. The largest absolute Gasteiger partial charge is 0.386 e. The Morgan fingerprint density at radius 1 is 0.545 bits per heavy atom. The molecule has 19 heteroatoms. The van der Waals surface area contributed by atoms with E-state index in [1.807, 2.05) is 0 Å². The highest BCUT2D eigenvalue weighted by Gasteiger charge is 2.34. The van der Waals surface area contributed by atoms with E-state index in [2.05, 4.69) is 4.74 Å². The first-order valence-electron chi connectivity index (χ1n) is 7.68. The van der Waals surface area contributed by atoms with E-state index in [9.17, 15) is 52.4 Å². The molecule has 15 nitrogen and oxygen atoms in total. The summed E-state index contributed by atoms with van der Waals surface area (Å²) in [6.07, 6.45) is 0. The third-order valence-electron chi connectivity index (χ3n) is 3.65. The molecule has 0 aromatic heterocycles. The molecular formula is C14H10O15S4. The molecule has 0 aliphatic heterocycles. The number of hydrogen-bond acceptors (Lipinski definition) is 11. The molecule has 33 heavy (non-hydrogen) atoms. The van der Waals surface area contributed by atoms with Gasteiger partial charge < -0.3 is 4.74 Å². The first-order valence-corrected chi connectivity index (χ1v) is 13.4. The summed E-state index contributed by atoms with van der Waals surface area (Å²) in [4.78, 5) is 18.4. The molecule has 0 saturated heterocycles. The number of benzene rings is 2. The molecule has 2 rings (SSSR count). The third-order valence-corrected chi connectivity index (χ3v) is 7.62. The van der Waals surface area contributed by atoms with Gasteiger partial charge in [-0.2, -0.15) is 33.7 Å². The highest BCUT2D eigenvalue weighted by atomic mass is 32.2. The van der Waals surface area contributed by atoms with Gasteiger partial charge in [0.1, 0.15) is 19.6 Å². The van der Waals surface area contributed by atoms with Crippen LogP contribution in [-0.4, -0.2) is 63.8 Å². The maximum absolute atomic E-state index is 12.3. The quantitative estimate of drug-likeness (QED) is 0.205. The number of ether oxygens (including phenoxy) is 1. The van der Waals surface area contributed by atoms with Crippen LogP contribution < -0.4 is 0 Å². The lowest BCUT2D eigenvalue weighted by atomic mass is 10.2. The first-order chi connectivity index (χ1) is 14.8. The number of hydrogen-bond donors (Lipinski definition) is 4. The van der Waals surface area contributed by atoms with Crippen LogP contribution in [0.15, 0.2) is 56.0 Å². The Kier molecular flexibility index (Phi) is 6.85. The normalized spacial score (nSPS) is 12.8. The van der Waals surface area contributed by atoms with Crippen LogP contribution in [0.25, 0.3) is 0 Å². The third kappa shape index (κ3) is 5.78. The molecule has 0 aliphatic carbocycles. The van der Waals surface area contributed by atoms with Gasteiger partial charge in [0.2, 0.25) is 0 Å². The van der Waals surface area contributed by atoms with Crippen molar-refractivity contribution < 1.29 is 66.2 Å². The zero-order chi connectivity index (χ0) is 25.6. The van der Waals surface area contributed by atoms with E-state index in [-0.39, 0.29) is 0 Å². The van der Waals surface area contributed by atoms with Gasteiger partial charge in [-0.25, -0.2) is 9.59 Å². The Bertz CT molecular complexity index is 1480. The molecule has 2 aromatic rings. The number of esters is 2. The summed E-state index contributed by atoms with van der Waals surface area (Å²) in [5.74, 6) is -4.01. The second kappa shape index (κ2) is 8.53. The highest BCUT2D eigenvalue weighted by Crippen LogP contribution is 2.28. The Hall–Kier alpha value is -2.78. The zero-order valence-electron chi connectivity index (χ0n) is 15.4. The summed E-state index contributed by atoms with van der Waals surface area (Å²) in [6.45, 7) is 0. The smallest absolute Gasteiger partial charge is 0.347 e. The molecule has 0 saturated carbocycles. The summed E-state index contributed by atoms with van der Waals surface area (Å²) in [6, 6.07) is 3.46. The molecule has 0 amide bonds. The first kappa shape index (κ1) is 26.5. The van der Waals surface area contributed by atoms with Gasteiger partial charge >= 0.3 is 11.9 Å². The van der Waals surface area contributed by atoms with Crippen LogP contribution in [0.5, 0.6) is 0 Å². The SMILES string of the molecule is O=C(OC(=O)c1cccc(S(=O)(=O)O)c1S(=O)(=O)O)c1cccc(S(=O)(=O)O)c1S(=O)(=O)O. The summed E-state index contributed by atoms with van der Waals surface area (Å²) in [7, 11) is -21.8. The van der Waals surface area contributed by atoms with E-state index in [1.54, 1.807) is 0 Å². The average molecular weight is 546 g/mol. The second-order valence-corrected chi connectivity index (χ2v) is 11.3. The van der Waals surface area contributed by atoms with Crippen molar-refractivity contribution in [3.8, 4) is 0 Å². The van der Waals surface area contributed by atoms with E-state index in [0.29, 0.717) is 36.4 Å². The monoisotopic (exact) mass is 546 g/mol. The summed E-state index contributed by atoms with van der Waals surface area (Å²) in [5.41, 5.74) is -2.61. The molecule has 0 bridgehead atoms. The minimum Gasteiger partial charge on any atom is -0.386 e. The van der Waals surface area contributed by atoms with Crippen LogP contribution in [0.2, 0.25) is 0 Å². The summed E-state index contributed by atoms with van der Waals surface area (Å²) < 4.78 is 133. The van der Waals surface area contributed by atoms with E-state index in [0.717, 1.165) is 0 Å². The lowest BCUT2D eigenvalue weighted by molar-refractivity contribution is 0.0390. The molecule has 180 valence electrons. The number of carbonyl (C=O) groups excluding carboxylic acids is 2. The van der Waals surface area contributed by atoms with Crippen molar-refractivity contribution in [1.82, 2.24) is 0 Å². The van der Waals surface area contributed by atoms with Gasteiger partial charge in [-0.15, -0.1) is 0 Å². The van der Waals surface area contributed by atoms with Crippen molar-refractivity contribution in [2.75, 3.05) is 0 Å². The minimum absolute atomic E-state index is 0.475. The summed E-state index contributed by atoms with van der Waals surface area (Å²) in [5, 5.41) is 0. The topological polar surface area (TPSA) is 261 Å². The van der Waals surface area contributed by atoms with E-state index in [4.69, 9.17) is 9.11 Å². The van der Waals surface area contributed by atoms with E-state index < -0.39 is 83.1 Å². The van der Waals surface area contributed by atoms with Crippen LogP contribution in [0, 0.1) is 0 Å². The van der Waals surface area contributed by atoms with Crippen LogP contribution in [-0.2, 0) is 45.2 Å². The van der Waals surface area contributed by atoms with Crippen LogP contribution in [0.1, 0.15) is 20.7 Å². The Morgan fingerprint density at radius 3 is 1.09 bits per heavy atom. The molecule has 0 radical (unpaired) electrons. The van der Waals surface area contributed by atoms with Crippen LogP contribution >= 0.6 is 0 Å². The van der Waals surface area contributed by atoms with Crippen molar-refractivity contribution in [2.24, 2.45) is 0 Å². The van der Waals surface area contributed by atoms with E-state index in [1.165, 1.54) is 0 Å². The van der Waals surface area contributed by atoms with Gasteiger partial charge in [-0.3, -0.25) is 18.2 Å². The summed E-state index contributed by atoms with van der Waals surface area (Å²) >= 11 is 0. The van der Waals surface area contributed by atoms with Crippen molar-refractivity contribution in [1.29, 1.82) is 0 Å². The highest BCUT2D eigenvalue weighted by molar-refractivity contribution is 7.89. The van der Waals surface area contributed by atoms with Crippen molar-refractivity contribution in [2.45, 2.75) is 19.6 Å². The molecular weight excluding hydrogens is 536 g/mol. The van der Waals surface area contributed by atoms with Gasteiger partial charge in [-0.05, 0) is 24.3 Å². The van der Waals surface area contributed by atoms with E-state index >= 15 is 0 Å². The maximum atomic E-state index is 12.3.